The number of carbonyl (C=O) groups excluding carboxylic acids is 1. The molecular formula is C10H11FO3. The van der Waals surface area contributed by atoms with Crippen molar-refractivity contribution in [3.63, 3.8) is 0 Å². The molecule has 0 heterocycles. The Morgan fingerprint density at radius 3 is 2.93 bits per heavy atom. The minimum Gasteiger partial charge on any atom is -0.465 e. The maximum absolute atomic E-state index is 12.1. The van der Waals surface area contributed by atoms with Gasteiger partial charge in [0.25, 0.3) is 0 Å². The maximum atomic E-state index is 12.1. The topological polar surface area (TPSA) is 46.5 Å². The van der Waals surface area contributed by atoms with E-state index in [2.05, 4.69) is 4.74 Å². The number of aliphatic hydroxyl groups excluding tert-OH is 1. The van der Waals surface area contributed by atoms with E-state index >= 15 is 0 Å². The molecule has 0 aliphatic rings. The third-order valence-corrected chi connectivity index (χ3v) is 1.84. The molecule has 0 amide bonds. The third kappa shape index (κ3) is 2.29. The van der Waals surface area contributed by atoms with Crippen LogP contribution >= 0.6 is 0 Å². The van der Waals surface area contributed by atoms with Crippen LogP contribution in [0.4, 0.5) is 4.39 Å². The monoisotopic (exact) mass is 198 g/mol. The third-order valence-electron chi connectivity index (χ3n) is 1.84. The van der Waals surface area contributed by atoms with Gasteiger partial charge in [0, 0.05) is 0 Å². The first-order valence-corrected chi connectivity index (χ1v) is 4.11. The van der Waals surface area contributed by atoms with Crippen LogP contribution in [0.25, 0.3) is 0 Å². The van der Waals surface area contributed by atoms with Crippen molar-refractivity contribution in [3.05, 3.63) is 35.4 Å². The fraction of sp³-hybridized carbons (Fsp3) is 0.300. The van der Waals surface area contributed by atoms with Crippen LogP contribution in [0.5, 0.6) is 0 Å². The molecule has 0 fully saturated rings. The Morgan fingerprint density at radius 1 is 1.64 bits per heavy atom. The van der Waals surface area contributed by atoms with Crippen LogP contribution in [0.15, 0.2) is 24.3 Å². The summed E-state index contributed by atoms with van der Waals surface area (Å²) in [5.41, 5.74) is 0.674. The quantitative estimate of drug-likeness (QED) is 0.748. The highest BCUT2D eigenvalue weighted by Crippen LogP contribution is 2.15. The number of esters is 1. The van der Waals surface area contributed by atoms with Gasteiger partial charge in [-0.25, -0.2) is 9.18 Å². The minimum atomic E-state index is -1.18. The highest BCUT2D eigenvalue weighted by Gasteiger charge is 2.10. The summed E-state index contributed by atoms with van der Waals surface area (Å²) in [7, 11) is 1.26. The van der Waals surface area contributed by atoms with Crippen molar-refractivity contribution >= 4 is 5.97 Å². The summed E-state index contributed by atoms with van der Waals surface area (Å²) in [5, 5.41) is 9.18. The number of methoxy groups -OCH3 is 1. The first kappa shape index (κ1) is 10.7. The largest absolute Gasteiger partial charge is 0.465 e. The van der Waals surface area contributed by atoms with Crippen molar-refractivity contribution in [2.75, 3.05) is 13.8 Å². The van der Waals surface area contributed by atoms with Crippen LogP contribution in [0.2, 0.25) is 0 Å². The van der Waals surface area contributed by atoms with Crippen molar-refractivity contribution in [1.82, 2.24) is 0 Å². The molecule has 0 spiro atoms. The Kier molecular flexibility index (Phi) is 3.59. The molecule has 0 saturated heterocycles. The molecule has 4 heteroatoms. The van der Waals surface area contributed by atoms with Crippen LogP contribution in [0.3, 0.4) is 0 Å². The van der Waals surface area contributed by atoms with E-state index in [9.17, 15) is 14.3 Å². The minimum absolute atomic E-state index is 0.303. The Labute approximate surface area is 81.1 Å². The second kappa shape index (κ2) is 4.72. The second-order valence-corrected chi connectivity index (χ2v) is 2.79. The molecule has 14 heavy (non-hydrogen) atoms. The smallest absolute Gasteiger partial charge is 0.337 e. The molecule has 0 aliphatic heterocycles. The molecular weight excluding hydrogens is 187 g/mol. The van der Waals surface area contributed by atoms with Gasteiger partial charge >= 0.3 is 5.97 Å². The van der Waals surface area contributed by atoms with Crippen molar-refractivity contribution in [2.24, 2.45) is 0 Å². The van der Waals surface area contributed by atoms with Crippen molar-refractivity contribution in [1.29, 1.82) is 0 Å². The first-order valence-electron chi connectivity index (χ1n) is 4.11. The Morgan fingerprint density at radius 2 is 2.36 bits per heavy atom. The molecule has 0 aliphatic carbocycles. The van der Waals surface area contributed by atoms with Gasteiger partial charge < -0.3 is 9.84 Å². The zero-order chi connectivity index (χ0) is 10.6. The van der Waals surface area contributed by atoms with Gasteiger partial charge in [0.05, 0.1) is 12.7 Å². The standard InChI is InChI=1S/C10H11FO3/c1-14-10(13)8-4-2-3-7(5-8)9(12)6-11/h2-5,9,12H,6H2,1H3. The number of aliphatic hydroxyl groups is 1. The summed E-state index contributed by atoms with van der Waals surface area (Å²) >= 11 is 0. The van der Waals surface area contributed by atoms with Crippen LogP contribution in [0, 0.1) is 0 Å². The number of hydrogen-bond acceptors (Lipinski definition) is 3. The molecule has 1 aromatic carbocycles. The zero-order valence-electron chi connectivity index (χ0n) is 7.74. The van der Waals surface area contributed by atoms with E-state index < -0.39 is 18.7 Å². The van der Waals surface area contributed by atoms with E-state index in [1.54, 1.807) is 18.2 Å². The predicted molar refractivity (Wildman–Crippen MR) is 48.7 cm³/mol. The second-order valence-electron chi connectivity index (χ2n) is 2.79. The van der Waals surface area contributed by atoms with Crippen molar-refractivity contribution in [2.45, 2.75) is 6.10 Å². The number of ether oxygens (including phenoxy) is 1. The maximum Gasteiger partial charge on any atom is 0.337 e. The number of alkyl halides is 1. The lowest BCUT2D eigenvalue weighted by molar-refractivity contribution is 0.0600. The number of halogens is 1. The molecule has 1 rings (SSSR count). The molecule has 0 saturated carbocycles. The average molecular weight is 198 g/mol. The van der Waals surface area contributed by atoms with Crippen LogP contribution in [-0.2, 0) is 4.74 Å². The molecule has 3 nitrogen and oxygen atoms in total. The fourth-order valence-electron chi connectivity index (χ4n) is 1.08. The van der Waals surface area contributed by atoms with Crippen molar-refractivity contribution < 1.29 is 19.0 Å². The Balaban J connectivity index is 2.95. The van der Waals surface area contributed by atoms with E-state index in [4.69, 9.17) is 0 Å². The SMILES string of the molecule is COC(=O)c1cccc(C(O)CF)c1. The molecule has 1 unspecified atom stereocenters. The van der Waals surface area contributed by atoms with E-state index in [1.807, 2.05) is 0 Å². The van der Waals surface area contributed by atoms with E-state index in [0.29, 0.717) is 11.1 Å². The fourth-order valence-corrected chi connectivity index (χ4v) is 1.08. The Hall–Kier alpha value is -1.42. The number of carbonyl (C=O) groups is 1. The molecule has 76 valence electrons. The van der Waals surface area contributed by atoms with Gasteiger partial charge in [-0.15, -0.1) is 0 Å². The van der Waals surface area contributed by atoms with Crippen LogP contribution < -0.4 is 0 Å². The molecule has 0 radical (unpaired) electrons. The summed E-state index contributed by atoms with van der Waals surface area (Å²) in [6.45, 7) is -0.870. The Bertz CT molecular complexity index is 325. The molecule has 1 atom stereocenters. The molecule has 1 N–H and O–H groups in total. The van der Waals surface area contributed by atoms with Gasteiger partial charge in [0.2, 0.25) is 0 Å². The first-order chi connectivity index (χ1) is 6.69. The number of hydrogen-bond donors (Lipinski definition) is 1. The van der Waals surface area contributed by atoms with Gasteiger partial charge in [-0.2, -0.15) is 0 Å². The van der Waals surface area contributed by atoms with E-state index in [0.717, 1.165) is 0 Å². The lowest BCUT2D eigenvalue weighted by Gasteiger charge is -2.07. The molecule has 1 aromatic rings. The molecule has 0 aromatic heterocycles. The summed E-state index contributed by atoms with van der Waals surface area (Å²) in [4.78, 5) is 11.1. The highest BCUT2D eigenvalue weighted by atomic mass is 19.1. The summed E-state index contributed by atoms with van der Waals surface area (Å²) < 4.78 is 16.6. The van der Waals surface area contributed by atoms with E-state index in [1.165, 1.54) is 13.2 Å². The van der Waals surface area contributed by atoms with Gasteiger partial charge in [-0.3, -0.25) is 0 Å². The zero-order valence-corrected chi connectivity index (χ0v) is 7.74. The van der Waals surface area contributed by atoms with Gasteiger partial charge in [-0.05, 0) is 17.7 Å². The van der Waals surface area contributed by atoms with Crippen LogP contribution in [-0.4, -0.2) is 24.9 Å². The number of benzene rings is 1. The average Bonchev–Trinajstić information content (AvgIpc) is 2.27. The normalized spacial score (nSPS) is 12.2. The van der Waals surface area contributed by atoms with Gasteiger partial charge in [0.1, 0.15) is 12.8 Å². The molecule has 0 bridgehead atoms. The number of rotatable bonds is 3. The van der Waals surface area contributed by atoms with Gasteiger partial charge in [-0.1, -0.05) is 12.1 Å². The summed E-state index contributed by atoms with van der Waals surface area (Å²) in [5.74, 6) is -0.502. The van der Waals surface area contributed by atoms with Crippen LogP contribution in [0.1, 0.15) is 22.0 Å². The summed E-state index contributed by atoms with van der Waals surface area (Å²) in [6.07, 6.45) is -1.18. The van der Waals surface area contributed by atoms with Crippen molar-refractivity contribution in [3.8, 4) is 0 Å². The lowest BCUT2D eigenvalue weighted by atomic mass is 10.1. The summed E-state index contributed by atoms with van der Waals surface area (Å²) in [6, 6.07) is 6.08. The van der Waals surface area contributed by atoms with Gasteiger partial charge in [0.15, 0.2) is 0 Å². The van der Waals surface area contributed by atoms with E-state index in [-0.39, 0.29) is 0 Å². The predicted octanol–water partition coefficient (Wildman–Crippen LogP) is 1.48. The highest BCUT2D eigenvalue weighted by molar-refractivity contribution is 5.89. The lowest BCUT2D eigenvalue weighted by Crippen LogP contribution is -2.04.